The van der Waals surface area contributed by atoms with Gasteiger partial charge in [0.2, 0.25) is 0 Å². The van der Waals surface area contributed by atoms with Gasteiger partial charge in [0.1, 0.15) is 6.61 Å². The Morgan fingerprint density at radius 3 is 2.74 bits per heavy atom. The first-order valence-electron chi connectivity index (χ1n) is 6.99. The molecule has 0 aliphatic heterocycles. The van der Waals surface area contributed by atoms with Crippen LogP contribution in [0.1, 0.15) is 23.2 Å². The fourth-order valence-electron chi connectivity index (χ4n) is 1.69. The Morgan fingerprint density at radius 2 is 2.09 bits per heavy atom. The first-order chi connectivity index (χ1) is 11.0. The third kappa shape index (κ3) is 4.86. The van der Waals surface area contributed by atoms with E-state index in [1.807, 2.05) is 14.0 Å². The number of aromatic nitrogens is 1. The predicted molar refractivity (Wildman–Crippen MR) is 88.2 cm³/mol. The van der Waals surface area contributed by atoms with E-state index in [0.717, 1.165) is 0 Å². The van der Waals surface area contributed by atoms with Crippen LogP contribution in [0.3, 0.4) is 0 Å². The maximum Gasteiger partial charge on any atom is 0.273 e. The van der Waals surface area contributed by atoms with E-state index in [1.165, 1.54) is 6.07 Å². The van der Waals surface area contributed by atoms with E-state index in [9.17, 15) is 4.79 Å². The van der Waals surface area contributed by atoms with Gasteiger partial charge in [-0.1, -0.05) is 34.4 Å². The molecule has 2 aromatic rings. The molecule has 0 saturated carbocycles. The lowest BCUT2D eigenvalue weighted by Crippen LogP contribution is -2.37. The van der Waals surface area contributed by atoms with E-state index >= 15 is 0 Å². The fourth-order valence-corrected chi connectivity index (χ4v) is 2.20. The lowest BCUT2D eigenvalue weighted by atomic mass is 10.3. The van der Waals surface area contributed by atoms with Gasteiger partial charge in [0.05, 0.1) is 10.0 Å². The molecule has 6 nitrogen and oxygen atoms in total. The number of rotatable bonds is 7. The number of halogens is 2. The van der Waals surface area contributed by atoms with Crippen molar-refractivity contribution in [1.82, 2.24) is 15.8 Å². The lowest BCUT2D eigenvalue weighted by molar-refractivity contribution is 0.0941. The highest BCUT2D eigenvalue weighted by atomic mass is 35.5. The minimum atomic E-state index is -0.308. The summed E-state index contributed by atoms with van der Waals surface area (Å²) in [5.74, 6) is 0.451. The summed E-state index contributed by atoms with van der Waals surface area (Å²) in [5, 5.41) is 10.3. The predicted octanol–water partition coefficient (Wildman–Crippen LogP) is 2.90. The van der Waals surface area contributed by atoms with Crippen molar-refractivity contribution in [2.45, 2.75) is 19.6 Å². The summed E-state index contributed by atoms with van der Waals surface area (Å²) >= 11 is 12.0. The van der Waals surface area contributed by atoms with Gasteiger partial charge < -0.3 is 19.9 Å². The first-order valence-corrected chi connectivity index (χ1v) is 7.74. The first kappa shape index (κ1) is 17.6. The van der Waals surface area contributed by atoms with Crippen LogP contribution in [0.15, 0.2) is 28.8 Å². The minimum Gasteiger partial charge on any atom is -0.482 e. The Labute approximate surface area is 144 Å². The van der Waals surface area contributed by atoms with Crippen LogP contribution in [-0.2, 0) is 6.61 Å². The summed E-state index contributed by atoms with van der Waals surface area (Å²) in [6.45, 7) is 2.51. The zero-order valence-electron chi connectivity index (χ0n) is 12.7. The molecule has 1 aromatic carbocycles. The molecule has 0 aliphatic carbocycles. The van der Waals surface area contributed by atoms with Gasteiger partial charge in [0.15, 0.2) is 17.2 Å². The number of benzene rings is 1. The van der Waals surface area contributed by atoms with Crippen molar-refractivity contribution in [3.8, 4) is 5.75 Å². The molecule has 0 bridgehead atoms. The van der Waals surface area contributed by atoms with Crippen LogP contribution < -0.4 is 15.4 Å². The maximum atomic E-state index is 11.9. The highest BCUT2D eigenvalue weighted by Gasteiger charge is 2.14. The van der Waals surface area contributed by atoms with Gasteiger partial charge in [-0.05, 0) is 26.1 Å². The molecule has 0 spiro atoms. The summed E-state index contributed by atoms with van der Waals surface area (Å²) in [7, 11) is 1.82. The van der Waals surface area contributed by atoms with E-state index in [1.54, 1.807) is 18.2 Å². The number of carbonyl (C=O) groups is 1. The average Bonchev–Trinajstić information content (AvgIpc) is 3.00. The van der Waals surface area contributed by atoms with Crippen molar-refractivity contribution >= 4 is 29.1 Å². The Hall–Kier alpha value is -1.76. The molecule has 8 heteroatoms. The van der Waals surface area contributed by atoms with Crippen molar-refractivity contribution in [2.75, 3.05) is 13.6 Å². The summed E-state index contributed by atoms with van der Waals surface area (Å²) in [6, 6.07) is 6.75. The van der Waals surface area contributed by atoms with Gasteiger partial charge >= 0.3 is 0 Å². The third-order valence-electron chi connectivity index (χ3n) is 3.13. The van der Waals surface area contributed by atoms with Gasteiger partial charge in [-0.3, -0.25) is 4.79 Å². The van der Waals surface area contributed by atoms with Gasteiger partial charge in [0, 0.05) is 18.7 Å². The van der Waals surface area contributed by atoms with Crippen LogP contribution in [0.2, 0.25) is 10.0 Å². The molecular formula is C15H17Cl2N3O3. The number of carbonyl (C=O) groups excluding carboxylic acids is 1. The van der Waals surface area contributed by atoms with Gasteiger partial charge in [-0.15, -0.1) is 0 Å². The largest absolute Gasteiger partial charge is 0.482 e. The molecule has 0 saturated heterocycles. The summed E-state index contributed by atoms with van der Waals surface area (Å²) < 4.78 is 10.6. The SMILES string of the molecule is CNC(C)CNC(=O)c1cc(COc2c(Cl)cccc2Cl)on1. The number of nitrogens with zero attached hydrogens (tertiary/aromatic N) is 1. The highest BCUT2D eigenvalue weighted by molar-refractivity contribution is 6.37. The van der Waals surface area contributed by atoms with Crippen LogP contribution in [0.5, 0.6) is 5.75 Å². The Balaban J connectivity index is 1.93. The molecule has 1 amide bonds. The molecule has 1 heterocycles. The van der Waals surface area contributed by atoms with Crippen LogP contribution in [0.4, 0.5) is 0 Å². The molecule has 2 N–H and O–H groups in total. The summed E-state index contributed by atoms with van der Waals surface area (Å²) in [4.78, 5) is 11.9. The van der Waals surface area contributed by atoms with Crippen LogP contribution in [-0.4, -0.2) is 30.7 Å². The average molecular weight is 358 g/mol. The number of ether oxygens (including phenoxy) is 1. The van der Waals surface area contributed by atoms with Crippen molar-refractivity contribution in [3.05, 3.63) is 45.8 Å². The van der Waals surface area contributed by atoms with Crippen LogP contribution in [0.25, 0.3) is 0 Å². The molecule has 1 atom stereocenters. The highest BCUT2D eigenvalue weighted by Crippen LogP contribution is 2.32. The van der Waals surface area contributed by atoms with E-state index in [-0.39, 0.29) is 24.2 Å². The number of hydrogen-bond donors (Lipinski definition) is 2. The van der Waals surface area contributed by atoms with Crippen LogP contribution in [0, 0.1) is 0 Å². The monoisotopic (exact) mass is 357 g/mol. The number of amides is 1. The molecule has 0 radical (unpaired) electrons. The number of nitrogens with one attached hydrogen (secondary N) is 2. The number of likely N-dealkylation sites (N-methyl/N-ethyl adjacent to an activating group) is 1. The second-order valence-corrected chi connectivity index (χ2v) is 5.73. The quantitative estimate of drug-likeness (QED) is 0.796. The van der Waals surface area contributed by atoms with Crippen molar-refractivity contribution in [2.24, 2.45) is 0 Å². The Kier molecular flexibility index (Phi) is 6.27. The summed E-state index contributed by atoms with van der Waals surface area (Å²) in [5.41, 5.74) is 0.192. The maximum absolute atomic E-state index is 11.9. The minimum absolute atomic E-state index is 0.0661. The fraction of sp³-hybridized carbons (Fsp3) is 0.333. The molecule has 23 heavy (non-hydrogen) atoms. The molecular weight excluding hydrogens is 341 g/mol. The molecule has 124 valence electrons. The molecule has 0 aliphatic rings. The second kappa shape index (κ2) is 8.19. The smallest absolute Gasteiger partial charge is 0.273 e. The number of para-hydroxylation sites is 1. The Morgan fingerprint density at radius 1 is 1.39 bits per heavy atom. The van der Waals surface area contributed by atoms with Gasteiger partial charge in [0.25, 0.3) is 5.91 Å². The van der Waals surface area contributed by atoms with Gasteiger partial charge in [-0.25, -0.2) is 0 Å². The van der Waals surface area contributed by atoms with E-state index in [2.05, 4.69) is 15.8 Å². The number of hydrogen-bond acceptors (Lipinski definition) is 5. The zero-order chi connectivity index (χ0) is 16.8. The Bertz CT molecular complexity index is 655. The second-order valence-electron chi connectivity index (χ2n) is 4.92. The van der Waals surface area contributed by atoms with Crippen molar-refractivity contribution in [1.29, 1.82) is 0 Å². The molecule has 1 unspecified atom stereocenters. The van der Waals surface area contributed by atoms with Crippen molar-refractivity contribution in [3.63, 3.8) is 0 Å². The van der Waals surface area contributed by atoms with Gasteiger partial charge in [-0.2, -0.15) is 0 Å². The summed E-state index contributed by atoms with van der Waals surface area (Å²) in [6.07, 6.45) is 0. The topological polar surface area (TPSA) is 76.4 Å². The standard InChI is InChI=1S/C15H17Cl2N3O3/c1-9(18-2)7-19-15(21)13-6-10(23-20-13)8-22-14-11(16)4-3-5-12(14)17/h3-6,9,18H,7-8H2,1-2H3,(H,19,21). The van der Waals surface area contributed by atoms with Crippen molar-refractivity contribution < 1.29 is 14.1 Å². The zero-order valence-corrected chi connectivity index (χ0v) is 14.2. The van der Waals surface area contributed by atoms with E-state index in [4.69, 9.17) is 32.5 Å². The van der Waals surface area contributed by atoms with E-state index < -0.39 is 0 Å². The van der Waals surface area contributed by atoms with E-state index in [0.29, 0.717) is 28.1 Å². The normalized spacial score (nSPS) is 12.0. The molecule has 2 rings (SSSR count). The third-order valence-corrected chi connectivity index (χ3v) is 3.73. The lowest BCUT2D eigenvalue weighted by Gasteiger charge is -2.09. The molecule has 0 fully saturated rings. The molecule has 1 aromatic heterocycles. The van der Waals surface area contributed by atoms with Crippen LogP contribution >= 0.6 is 23.2 Å².